The molecule has 0 amide bonds. The Morgan fingerprint density at radius 2 is 1.68 bits per heavy atom. The van der Waals surface area contributed by atoms with E-state index in [1.54, 1.807) is 12.1 Å². The van der Waals surface area contributed by atoms with E-state index in [4.69, 9.17) is 11.6 Å². The lowest BCUT2D eigenvalue weighted by Crippen LogP contribution is -2.23. The average molecular weight is 392 g/mol. The SMILES string of the molecule is CC(C)c1ccc(S(=O)(=O)NCc2ccc(Cl)c(C(F)(F)F)c2)cc1. The highest BCUT2D eigenvalue weighted by Gasteiger charge is 2.33. The first-order chi connectivity index (χ1) is 11.5. The van der Waals surface area contributed by atoms with Gasteiger partial charge in [-0.2, -0.15) is 13.2 Å². The number of rotatable bonds is 5. The van der Waals surface area contributed by atoms with Crippen molar-refractivity contribution < 1.29 is 21.6 Å². The molecule has 0 unspecified atom stereocenters. The Morgan fingerprint density at radius 3 is 2.20 bits per heavy atom. The van der Waals surface area contributed by atoms with Crippen LogP contribution in [0.4, 0.5) is 13.2 Å². The Balaban J connectivity index is 2.17. The van der Waals surface area contributed by atoms with Crippen molar-refractivity contribution in [3.8, 4) is 0 Å². The van der Waals surface area contributed by atoms with Crippen molar-refractivity contribution in [2.45, 2.75) is 37.4 Å². The number of benzene rings is 2. The van der Waals surface area contributed by atoms with Gasteiger partial charge in [-0.25, -0.2) is 13.1 Å². The molecule has 0 aliphatic carbocycles. The molecule has 2 aromatic rings. The summed E-state index contributed by atoms with van der Waals surface area (Å²) in [5.41, 5.74) is 0.165. The molecule has 0 heterocycles. The van der Waals surface area contributed by atoms with Crippen LogP contribution in [-0.4, -0.2) is 8.42 Å². The minimum atomic E-state index is -4.60. The second kappa shape index (κ2) is 7.35. The molecule has 8 heteroatoms. The quantitative estimate of drug-likeness (QED) is 0.782. The third-order valence-corrected chi connectivity index (χ3v) is 5.41. The Labute approximate surface area is 149 Å². The fraction of sp³-hybridized carbons (Fsp3) is 0.294. The summed E-state index contributed by atoms with van der Waals surface area (Å²) in [6, 6.07) is 9.66. The zero-order chi connectivity index (χ0) is 18.8. The first-order valence-electron chi connectivity index (χ1n) is 7.46. The summed E-state index contributed by atoms with van der Waals surface area (Å²) in [4.78, 5) is 0.0573. The van der Waals surface area contributed by atoms with Gasteiger partial charge in [-0.1, -0.05) is 43.6 Å². The topological polar surface area (TPSA) is 46.2 Å². The van der Waals surface area contributed by atoms with E-state index in [0.29, 0.717) is 0 Å². The van der Waals surface area contributed by atoms with Gasteiger partial charge < -0.3 is 0 Å². The molecule has 0 aliphatic heterocycles. The summed E-state index contributed by atoms with van der Waals surface area (Å²) < 4.78 is 65.4. The molecule has 3 nitrogen and oxygen atoms in total. The summed E-state index contributed by atoms with van der Waals surface area (Å²) in [6.07, 6.45) is -4.60. The molecular weight excluding hydrogens is 375 g/mol. The second-order valence-corrected chi connectivity index (χ2v) is 8.03. The first kappa shape index (κ1) is 19.8. The predicted octanol–water partition coefficient (Wildman–Crippen LogP) is 4.96. The Bertz CT molecular complexity index is 847. The van der Waals surface area contributed by atoms with Gasteiger partial charge in [0.1, 0.15) is 0 Å². The van der Waals surface area contributed by atoms with Gasteiger partial charge in [0.05, 0.1) is 15.5 Å². The maximum Gasteiger partial charge on any atom is 0.417 e. The van der Waals surface area contributed by atoms with Crippen molar-refractivity contribution in [2.75, 3.05) is 0 Å². The number of alkyl halides is 3. The molecule has 0 saturated heterocycles. The zero-order valence-electron chi connectivity index (χ0n) is 13.6. The highest BCUT2D eigenvalue weighted by Crippen LogP contribution is 2.35. The number of halogens is 4. The zero-order valence-corrected chi connectivity index (χ0v) is 15.1. The molecule has 0 aliphatic rings. The summed E-state index contributed by atoms with van der Waals surface area (Å²) in [5, 5.41) is -0.427. The molecule has 1 N–H and O–H groups in total. The van der Waals surface area contributed by atoms with Gasteiger partial charge in [0.2, 0.25) is 10.0 Å². The Kier molecular flexibility index (Phi) is 5.81. The van der Waals surface area contributed by atoms with Crippen molar-refractivity contribution in [2.24, 2.45) is 0 Å². The van der Waals surface area contributed by atoms with Crippen LogP contribution in [0.2, 0.25) is 5.02 Å². The van der Waals surface area contributed by atoms with E-state index in [0.717, 1.165) is 17.7 Å². The molecule has 2 rings (SSSR count). The van der Waals surface area contributed by atoms with E-state index in [-0.39, 0.29) is 22.9 Å². The predicted molar refractivity (Wildman–Crippen MR) is 91.0 cm³/mol. The fourth-order valence-corrected chi connectivity index (χ4v) is 3.44. The minimum Gasteiger partial charge on any atom is -0.207 e. The van der Waals surface area contributed by atoms with Gasteiger partial charge in [-0.05, 0) is 41.3 Å². The molecule has 0 aromatic heterocycles. The molecule has 136 valence electrons. The molecular formula is C17H17ClF3NO2S. The highest BCUT2D eigenvalue weighted by molar-refractivity contribution is 7.89. The molecule has 0 atom stereocenters. The standard InChI is InChI=1S/C17H17ClF3NO2S/c1-11(2)13-4-6-14(7-5-13)25(23,24)22-10-12-3-8-16(18)15(9-12)17(19,20)21/h3-9,11,22H,10H2,1-2H3. The molecule has 2 aromatic carbocycles. The Morgan fingerprint density at radius 1 is 1.08 bits per heavy atom. The van der Waals surface area contributed by atoms with E-state index < -0.39 is 26.8 Å². The van der Waals surface area contributed by atoms with Gasteiger partial charge in [-0.15, -0.1) is 0 Å². The molecule has 0 spiro atoms. The van der Waals surface area contributed by atoms with Gasteiger partial charge >= 0.3 is 6.18 Å². The van der Waals surface area contributed by atoms with Gasteiger partial charge in [0, 0.05) is 6.54 Å². The van der Waals surface area contributed by atoms with Crippen LogP contribution in [-0.2, 0) is 22.7 Å². The number of hydrogen-bond donors (Lipinski definition) is 1. The molecule has 25 heavy (non-hydrogen) atoms. The monoisotopic (exact) mass is 391 g/mol. The van der Waals surface area contributed by atoms with Crippen LogP contribution < -0.4 is 4.72 Å². The maximum atomic E-state index is 12.8. The molecule has 0 saturated carbocycles. The van der Waals surface area contributed by atoms with Crippen LogP contribution in [0.3, 0.4) is 0 Å². The van der Waals surface area contributed by atoms with Gasteiger partial charge in [0.25, 0.3) is 0 Å². The van der Waals surface area contributed by atoms with Gasteiger partial charge in [-0.3, -0.25) is 0 Å². The van der Waals surface area contributed by atoms with E-state index in [1.807, 2.05) is 13.8 Å². The number of sulfonamides is 1. The normalized spacial score (nSPS) is 12.6. The fourth-order valence-electron chi connectivity index (χ4n) is 2.19. The largest absolute Gasteiger partial charge is 0.417 e. The van der Waals surface area contributed by atoms with Crippen LogP contribution in [0.25, 0.3) is 0 Å². The lowest BCUT2D eigenvalue weighted by atomic mass is 10.0. The lowest BCUT2D eigenvalue weighted by Gasteiger charge is -2.12. The maximum absolute atomic E-state index is 12.8. The van der Waals surface area contributed by atoms with E-state index >= 15 is 0 Å². The van der Waals surface area contributed by atoms with Crippen molar-refractivity contribution >= 4 is 21.6 Å². The molecule has 0 bridgehead atoms. The van der Waals surface area contributed by atoms with Crippen molar-refractivity contribution in [3.63, 3.8) is 0 Å². The first-order valence-corrected chi connectivity index (χ1v) is 9.32. The van der Waals surface area contributed by atoms with E-state index in [2.05, 4.69) is 4.72 Å². The Hall–Kier alpha value is -1.57. The third kappa shape index (κ3) is 4.96. The molecule has 0 radical (unpaired) electrons. The summed E-state index contributed by atoms with van der Waals surface area (Å²) >= 11 is 5.55. The van der Waals surface area contributed by atoms with E-state index in [9.17, 15) is 21.6 Å². The number of hydrogen-bond acceptors (Lipinski definition) is 2. The van der Waals surface area contributed by atoms with Gasteiger partial charge in [0.15, 0.2) is 0 Å². The average Bonchev–Trinajstić information content (AvgIpc) is 2.53. The number of nitrogens with one attached hydrogen (secondary N) is 1. The van der Waals surface area contributed by atoms with Crippen LogP contribution in [0, 0.1) is 0 Å². The molecule has 0 fully saturated rings. The third-order valence-electron chi connectivity index (χ3n) is 3.66. The van der Waals surface area contributed by atoms with Crippen molar-refractivity contribution in [1.29, 1.82) is 0 Å². The van der Waals surface area contributed by atoms with Crippen LogP contribution in [0.15, 0.2) is 47.4 Å². The smallest absolute Gasteiger partial charge is 0.207 e. The summed E-state index contributed by atoms with van der Waals surface area (Å²) in [7, 11) is -3.82. The highest BCUT2D eigenvalue weighted by atomic mass is 35.5. The van der Waals surface area contributed by atoms with E-state index in [1.165, 1.54) is 18.2 Å². The van der Waals surface area contributed by atoms with Crippen molar-refractivity contribution in [1.82, 2.24) is 4.72 Å². The van der Waals surface area contributed by atoms with Crippen LogP contribution in [0.5, 0.6) is 0 Å². The van der Waals surface area contributed by atoms with Crippen molar-refractivity contribution in [3.05, 3.63) is 64.2 Å². The van der Waals surface area contributed by atoms with Crippen LogP contribution >= 0.6 is 11.6 Å². The van der Waals surface area contributed by atoms with Crippen LogP contribution in [0.1, 0.15) is 36.5 Å². The summed E-state index contributed by atoms with van der Waals surface area (Å²) in [6.45, 7) is 3.70. The second-order valence-electron chi connectivity index (χ2n) is 5.86. The summed E-state index contributed by atoms with van der Waals surface area (Å²) in [5.74, 6) is 0.263. The lowest BCUT2D eigenvalue weighted by molar-refractivity contribution is -0.137. The minimum absolute atomic E-state index is 0.0573.